The summed E-state index contributed by atoms with van der Waals surface area (Å²) in [6.45, 7) is 7.88. The number of methoxy groups -OCH3 is 1. The van der Waals surface area contributed by atoms with E-state index in [1.165, 1.54) is 19.2 Å². The lowest BCUT2D eigenvalue weighted by molar-refractivity contribution is 0.321. The number of hydrogen-bond acceptors (Lipinski definition) is 6. The molecule has 0 aliphatic carbocycles. The predicted octanol–water partition coefficient (Wildman–Crippen LogP) is 2.34. The van der Waals surface area contributed by atoms with Gasteiger partial charge in [0.25, 0.3) is 0 Å². The van der Waals surface area contributed by atoms with E-state index in [1.54, 1.807) is 13.0 Å². The molecule has 0 radical (unpaired) electrons. The molecule has 0 amide bonds. The van der Waals surface area contributed by atoms with Crippen LogP contribution < -0.4 is 9.46 Å². The van der Waals surface area contributed by atoms with Crippen LogP contribution in [0.3, 0.4) is 0 Å². The second-order valence-electron chi connectivity index (χ2n) is 6.04. The number of sulfonamides is 1. The minimum atomic E-state index is -3.58. The molecular weight excluding hydrogens is 318 g/mol. The van der Waals surface area contributed by atoms with Gasteiger partial charge >= 0.3 is 0 Å². The predicted molar refractivity (Wildman–Crippen MR) is 85.8 cm³/mol. The molecule has 1 aromatic carbocycles. The quantitative estimate of drug-likeness (QED) is 0.898. The molecule has 0 unspecified atom stereocenters. The summed E-state index contributed by atoms with van der Waals surface area (Å²) in [5.41, 5.74) is 0.164. The lowest BCUT2D eigenvalue weighted by Gasteiger charge is -2.11. The van der Waals surface area contributed by atoms with Crippen LogP contribution in [0.1, 0.15) is 33.6 Å². The summed E-state index contributed by atoms with van der Waals surface area (Å²) in [6, 6.07) is 4.53. The van der Waals surface area contributed by atoms with Crippen molar-refractivity contribution in [2.75, 3.05) is 13.7 Å². The molecule has 0 aliphatic heterocycles. The Hall–Kier alpha value is -1.93. The van der Waals surface area contributed by atoms with E-state index in [0.29, 0.717) is 29.6 Å². The molecule has 1 aromatic heterocycles. The standard InChI is InChI=1S/C15H21N3O4S/c1-6-16-23(19,20)10-7-8-12(21-5)11(9-10)13-17-14(22-18-13)15(2,3)4/h7-9,16H,6H2,1-5H3. The normalized spacial score (nSPS) is 12.4. The van der Waals surface area contributed by atoms with Crippen LogP contribution in [-0.4, -0.2) is 32.2 Å². The van der Waals surface area contributed by atoms with E-state index >= 15 is 0 Å². The second-order valence-corrected chi connectivity index (χ2v) is 7.80. The topological polar surface area (TPSA) is 94.3 Å². The van der Waals surface area contributed by atoms with Gasteiger partial charge in [-0.3, -0.25) is 0 Å². The number of ether oxygens (including phenoxy) is 1. The Balaban J connectivity index is 2.55. The maximum absolute atomic E-state index is 12.2. The molecule has 2 aromatic rings. The molecule has 2 rings (SSSR count). The van der Waals surface area contributed by atoms with Crippen LogP contribution in [0.25, 0.3) is 11.4 Å². The molecule has 1 heterocycles. The summed E-state index contributed by atoms with van der Waals surface area (Å²) in [4.78, 5) is 4.48. The number of nitrogens with one attached hydrogen (secondary N) is 1. The van der Waals surface area contributed by atoms with E-state index in [1.807, 2.05) is 20.8 Å². The van der Waals surface area contributed by atoms with Gasteiger partial charge in [-0.25, -0.2) is 13.1 Å². The Bertz CT molecular complexity index is 791. The molecule has 0 fully saturated rings. The fourth-order valence-electron chi connectivity index (χ4n) is 1.94. The highest BCUT2D eigenvalue weighted by atomic mass is 32.2. The maximum atomic E-state index is 12.2. The van der Waals surface area contributed by atoms with Crippen LogP contribution in [0.15, 0.2) is 27.6 Å². The molecule has 0 atom stereocenters. The third-order valence-corrected chi connectivity index (χ3v) is 4.67. The third-order valence-electron chi connectivity index (χ3n) is 3.12. The summed E-state index contributed by atoms with van der Waals surface area (Å²) in [5, 5.41) is 3.95. The molecule has 0 saturated carbocycles. The van der Waals surface area contributed by atoms with Crippen molar-refractivity contribution >= 4 is 10.0 Å². The Morgan fingerprint density at radius 2 is 2.00 bits per heavy atom. The smallest absolute Gasteiger partial charge is 0.240 e. The molecule has 8 heteroatoms. The Morgan fingerprint density at radius 3 is 2.52 bits per heavy atom. The van der Waals surface area contributed by atoms with E-state index in [0.717, 1.165) is 0 Å². The summed E-state index contributed by atoms with van der Waals surface area (Å²) in [5.74, 6) is 1.23. The first-order chi connectivity index (χ1) is 10.7. The number of nitrogens with zero attached hydrogens (tertiary/aromatic N) is 2. The van der Waals surface area contributed by atoms with E-state index in [4.69, 9.17) is 9.26 Å². The molecule has 23 heavy (non-hydrogen) atoms. The Morgan fingerprint density at radius 1 is 1.30 bits per heavy atom. The average Bonchev–Trinajstić information content (AvgIpc) is 2.96. The third kappa shape index (κ3) is 3.70. The highest BCUT2D eigenvalue weighted by molar-refractivity contribution is 7.89. The van der Waals surface area contributed by atoms with Crippen LogP contribution in [-0.2, 0) is 15.4 Å². The lowest BCUT2D eigenvalue weighted by Crippen LogP contribution is -2.23. The van der Waals surface area contributed by atoms with Gasteiger partial charge in [-0.05, 0) is 18.2 Å². The number of rotatable bonds is 5. The van der Waals surface area contributed by atoms with Gasteiger partial charge in [-0.1, -0.05) is 32.9 Å². The van der Waals surface area contributed by atoms with Crippen molar-refractivity contribution in [3.8, 4) is 17.1 Å². The van der Waals surface area contributed by atoms with Gasteiger partial charge in [0.05, 0.1) is 17.6 Å². The van der Waals surface area contributed by atoms with Crippen molar-refractivity contribution in [1.82, 2.24) is 14.9 Å². The molecule has 1 N–H and O–H groups in total. The van der Waals surface area contributed by atoms with Gasteiger partial charge in [0, 0.05) is 12.0 Å². The first kappa shape index (κ1) is 17.4. The van der Waals surface area contributed by atoms with Crippen LogP contribution in [0.5, 0.6) is 5.75 Å². The monoisotopic (exact) mass is 339 g/mol. The highest BCUT2D eigenvalue weighted by Crippen LogP contribution is 2.32. The first-order valence-corrected chi connectivity index (χ1v) is 8.69. The second kappa shape index (κ2) is 6.29. The molecule has 7 nitrogen and oxygen atoms in total. The largest absolute Gasteiger partial charge is 0.496 e. The van der Waals surface area contributed by atoms with Crippen molar-refractivity contribution < 1.29 is 17.7 Å². The van der Waals surface area contributed by atoms with E-state index in [-0.39, 0.29) is 10.3 Å². The molecule has 0 saturated heterocycles. The van der Waals surface area contributed by atoms with Crippen LogP contribution in [0, 0.1) is 0 Å². The minimum absolute atomic E-state index is 0.122. The van der Waals surface area contributed by atoms with Crippen molar-refractivity contribution in [3.63, 3.8) is 0 Å². The maximum Gasteiger partial charge on any atom is 0.240 e. The van der Waals surface area contributed by atoms with Crippen molar-refractivity contribution in [2.45, 2.75) is 38.0 Å². The van der Waals surface area contributed by atoms with Gasteiger partial charge in [-0.15, -0.1) is 0 Å². The zero-order valence-corrected chi connectivity index (χ0v) is 14.7. The van der Waals surface area contributed by atoms with E-state index in [9.17, 15) is 8.42 Å². The SMILES string of the molecule is CCNS(=O)(=O)c1ccc(OC)c(-c2noc(C(C)(C)C)n2)c1. The highest BCUT2D eigenvalue weighted by Gasteiger charge is 2.24. The summed E-state index contributed by atoms with van der Waals surface area (Å²) in [7, 11) is -2.08. The molecule has 0 spiro atoms. The van der Waals surface area contributed by atoms with E-state index < -0.39 is 10.0 Å². The van der Waals surface area contributed by atoms with Crippen LogP contribution >= 0.6 is 0 Å². The van der Waals surface area contributed by atoms with Gasteiger partial charge in [-0.2, -0.15) is 4.98 Å². The van der Waals surface area contributed by atoms with E-state index in [2.05, 4.69) is 14.9 Å². The number of benzene rings is 1. The molecule has 126 valence electrons. The van der Waals surface area contributed by atoms with Gasteiger partial charge < -0.3 is 9.26 Å². The van der Waals surface area contributed by atoms with Gasteiger partial charge in [0.2, 0.25) is 21.7 Å². The van der Waals surface area contributed by atoms with Gasteiger partial charge in [0.1, 0.15) is 5.75 Å². The van der Waals surface area contributed by atoms with Gasteiger partial charge in [0.15, 0.2) is 0 Å². The van der Waals surface area contributed by atoms with Crippen LogP contribution in [0.2, 0.25) is 0 Å². The fourth-order valence-corrected chi connectivity index (χ4v) is 3.01. The molecular formula is C15H21N3O4S. The molecule has 0 bridgehead atoms. The fraction of sp³-hybridized carbons (Fsp3) is 0.467. The number of hydrogen-bond donors (Lipinski definition) is 1. The average molecular weight is 339 g/mol. The summed E-state index contributed by atoms with van der Waals surface area (Å²) < 4.78 is 37.3. The number of aromatic nitrogens is 2. The van der Waals surface area contributed by atoms with Crippen molar-refractivity contribution in [3.05, 3.63) is 24.1 Å². The lowest BCUT2D eigenvalue weighted by atomic mass is 9.97. The zero-order valence-electron chi connectivity index (χ0n) is 13.9. The Kier molecular flexibility index (Phi) is 4.76. The first-order valence-electron chi connectivity index (χ1n) is 7.21. The zero-order chi connectivity index (χ0) is 17.3. The summed E-state index contributed by atoms with van der Waals surface area (Å²) in [6.07, 6.45) is 0. The Labute approximate surface area is 136 Å². The van der Waals surface area contributed by atoms with Crippen molar-refractivity contribution in [2.24, 2.45) is 0 Å². The summed E-state index contributed by atoms with van der Waals surface area (Å²) >= 11 is 0. The minimum Gasteiger partial charge on any atom is -0.496 e. The van der Waals surface area contributed by atoms with Crippen molar-refractivity contribution in [1.29, 1.82) is 0 Å². The molecule has 0 aliphatic rings. The van der Waals surface area contributed by atoms with Crippen LogP contribution in [0.4, 0.5) is 0 Å².